The number of hydrogen-bond acceptors (Lipinski definition) is 3. The molecule has 1 heterocycles. The van der Waals surface area contributed by atoms with Crippen LogP contribution in [-0.4, -0.2) is 21.5 Å². The van der Waals surface area contributed by atoms with Gasteiger partial charge in [0.15, 0.2) is 11.6 Å². The fourth-order valence-corrected chi connectivity index (χ4v) is 4.67. The van der Waals surface area contributed by atoms with Crippen LogP contribution in [0.25, 0.3) is 22.4 Å². The van der Waals surface area contributed by atoms with Crippen molar-refractivity contribution in [1.82, 2.24) is 9.97 Å². The number of Topliss-reactive ketones (excluding diaryl/α,β-unsaturated/α-hetero) is 2. The van der Waals surface area contributed by atoms with Gasteiger partial charge in [0.25, 0.3) is 0 Å². The van der Waals surface area contributed by atoms with E-state index in [1.165, 1.54) is 0 Å². The van der Waals surface area contributed by atoms with Crippen LogP contribution in [0.5, 0.6) is 0 Å². The van der Waals surface area contributed by atoms with E-state index in [9.17, 15) is 9.59 Å². The van der Waals surface area contributed by atoms with E-state index in [-0.39, 0.29) is 18.0 Å². The molecule has 4 nitrogen and oxygen atoms in total. The molecule has 1 aromatic heterocycles. The average molecular weight is 449 g/mol. The number of nitrogens with one attached hydrogen (secondary N) is 1. The minimum absolute atomic E-state index is 0.0166. The number of imidazole rings is 1. The summed E-state index contributed by atoms with van der Waals surface area (Å²) in [5, 5.41) is 1.01. The van der Waals surface area contributed by atoms with Crippen molar-refractivity contribution in [3.05, 3.63) is 86.9 Å². The first-order chi connectivity index (χ1) is 15.0. The molecule has 0 atom stereocenters. The summed E-state index contributed by atoms with van der Waals surface area (Å²) < 4.78 is 0. The van der Waals surface area contributed by atoms with Gasteiger partial charge in [0.2, 0.25) is 0 Å². The number of carbonyl (C=O) groups excluding carboxylic acids is 2. The van der Waals surface area contributed by atoms with E-state index in [4.69, 9.17) is 23.2 Å². The van der Waals surface area contributed by atoms with E-state index >= 15 is 0 Å². The van der Waals surface area contributed by atoms with Crippen molar-refractivity contribution in [2.75, 3.05) is 0 Å². The predicted octanol–water partition coefficient (Wildman–Crippen LogP) is 6.48. The lowest BCUT2D eigenvalue weighted by Crippen LogP contribution is -2.12. The molecule has 0 saturated carbocycles. The fraction of sp³-hybridized carbons (Fsp3) is 0.160. The van der Waals surface area contributed by atoms with Crippen LogP contribution < -0.4 is 0 Å². The Labute approximate surface area is 189 Å². The monoisotopic (exact) mass is 448 g/mol. The van der Waals surface area contributed by atoms with E-state index in [2.05, 4.69) is 9.97 Å². The minimum Gasteiger partial charge on any atom is -0.338 e. The molecule has 0 saturated heterocycles. The van der Waals surface area contributed by atoms with Crippen molar-refractivity contribution >= 4 is 45.8 Å². The molecule has 31 heavy (non-hydrogen) atoms. The molecule has 154 valence electrons. The van der Waals surface area contributed by atoms with Gasteiger partial charge in [0, 0.05) is 24.0 Å². The zero-order valence-corrected chi connectivity index (χ0v) is 18.1. The molecule has 0 bridgehead atoms. The number of aryl methyl sites for hydroxylation is 1. The summed E-state index contributed by atoms with van der Waals surface area (Å²) in [5.74, 6) is 0.709. The van der Waals surface area contributed by atoms with Gasteiger partial charge < -0.3 is 4.98 Å². The maximum atomic E-state index is 12.9. The van der Waals surface area contributed by atoms with Crippen LogP contribution in [0.2, 0.25) is 10.0 Å². The highest BCUT2D eigenvalue weighted by molar-refractivity contribution is 6.39. The van der Waals surface area contributed by atoms with E-state index in [0.29, 0.717) is 33.4 Å². The number of hydrogen-bond donors (Lipinski definition) is 1. The van der Waals surface area contributed by atoms with E-state index in [1.54, 1.807) is 30.3 Å². The van der Waals surface area contributed by atoms with Gasteiger partial charge in [-0.1, -0.05) is 41.4 Å². The Kier molecular flexibility index (Phi) is 5.12. The summed E-state index contributed by atoms with van der Waals surface area (Å²) in [6.45, 7) is 0. The summed E-state index contributed by atoms with van der Waals surface area (Å²) >= 11 is 12.6. The molecule has 1 aliphatic rings. The Hall–Kier alpha value is -2.95. The molecule has 0 fully saturated rings. The molecule has 0 radical (unpaired) electrons. The largest absolute Gasteiger partial charge is 0.338 e. The second-order valence-corrected chi connectivity index (χ2v) is 8.60. The fourth-order valence-electron chi connectivity index (χ4n) is 4.10. The second-order valence-electron chi connectivity index (χ2n) is 7.78. The summed E-state index contributed by atoms with van der Waals surface area (Å²) in [4.78, 5) is 32.9. The Morgan fingerprint density at radius 1 is 1.00 bits per heavy atom. The summed E-state index contributed by atoms with van der Waals surface area (Å²) in [7, 11) is 0. The van der Waals surface area contributed by atoms with Crippen molar-refractivity contribution in [2.24, 2.45) is 0 Å². The van der Waals surface area contributed by atoms with Crippen molar-refractivity contribution in [3.8, 4) is 11.4 Å². The van der Waals surface area contributed by atoms with Crippen LogP contribution in [0, 0.1) is 0 Å². The van der Waals surface area contributed by atoms with Crippen molar-refractivity contribution in [3.63, 3.8) is 0 Å². The average Bonchev–Trinajstić information content (AvgIpc) is 3.17. The lowest BCUT2D eigenvalue weighted by Gasteiger charge is -2.15. The molecule has 5 rings (SSSR count). The van der Waals surface area contributed by atoms with E-state index in [0.717, 1.165) is 40.6 Å². The first kappa shape index (κ1) is 20.0. The summed E-state index contributed by atoms with van der Waals surface area (Å²) in [6.07, 6.45) is 2.64. The number of fused-ring (bicyclic) bond motifs is 2. The van der Waals surface area contributed by atoms with Crippen molar-refractivity contribution in [1.29, 1.82) is 0 Å². The molecule has 1 aliphatic carbocycles. The Morgan fingerprint density at radius 2 is 1.81 bits per heavy atom. The lowest BCUT2D eigenvalue weighted by molar-refractivity contribution is 0.0967. The maximum absolute atomic E-state index is 12.9. The SMILES string of the molecule is O=C(Cc1ccc2c(c1)C(=O)CCC2)c1ccc2nc(-c3c(Cl)cccc3Cl)[nH]c2c1. The van der Waals surface area contributed by atoms with Gasteiger partial charge in [-0.15, -0.1) is 0 Å². The van der Waals surface area contributed by atoms with Crippen LogP contribution in [0.4, 0.5) is 0 Å². The lowest BCUT2D eigenvalue weighted by atomic mass is 9.88. The van der Waals surface area contributed by atoms with Crippen molar-refractivity contribution in [2.45, 2.75) is 25.7 Å². The molecule has 3 aromatic carbocycles. The van der Waals surface area contributed by atoms with Gasteiger partial charge in [0.05, 0.1) is 26.6 Å². The normalized spacial score (nSPS) is 13.4. The summed E-state index contributed by atoms with van der Waals surface area (Å²) in [6, 6.07) is 16.5. The molecule has 0 spiro atoms. The number of aromatic nitrogens is 2. The zero-order chi connectivity index (χ0) is 21.5. The second kappa shape index (κ2) is 7.95. The molecule has 0 unspecified atom stereocenters. The number of benzene rings is 3. The Morgan fingerprint density at radius 3 is 2.61 bits per heavy atom. The predicted molar refractivity (Wildman–Crippen MR) is 123 cm³/mol. The highest BCUT2D eigenvalue weighted by Crippen LogP contribution is 2.34. The van der Waals surface area contributed by atoms with Gasteiger partial charge in [-0.2, -0.15) is 0 Å². The molecule has 6 heteroatoms. The number of carbonyl (C=O) groups is 2. The van der Waals surface area contributed by atoms with Crippen molar-refractivity contribution < 1.29 is 9.59 Å². The molecule has 0 amide bonds. The highest BCUT2D eigenvalue weighted by Gasteiger charge is 2.19. The third-order valence-electron chi connectivity index (χ3n) is 5.69. The number of rotatable bonds is 4. The topological polar surface area (TPSA) is 62.8 Å². The number of ketones is 2. The molecule has 4 aromatic rings. The molecular formula is C25H18Cl2N2O2. The Balaban J connectivity index is 1.44. The van der Waals surface area contributed by atoms with E-state index < -0.39 is 0 Å². The standard InChI is InChI=1S/C25H18Cl2N2O2/c26-18-4-2-5-19(27)24(18)25-28-20-10-9-16(13-21(20)29-25)23(31)12-14-7-8-15-3-1-6-22(30)17(15)11-14/h2,4-5,7-11,13H,1,3,6,12H2,(H,28,29). The molecular weight excluding hydrogens is 431 g/mol. The first-order valence-corrected chi connectivity index (χ1v) is 10.9. The number of halogens is 2. The van der Waals surface area contributed by atoms with Gasteiger partial charge in [-0.3, -0.25) is 9.59 Å². The third-order valence-corrected chi connectivity index (χ3v) is 6.32. The van der Waals surface area contributed by atoms with Gasteiger partial charge >= 0.3 is 0 Å². The third kappa shape index (κ3) is 3.78. The van der Waals surface area contributed by atoms with Crippen LogP contribution in [0.3, 0.4) is 0 Å². The molecule has 1 N–H and O–H groups in total. The van der Waals surface area contributed by atoms with Crippen LogP contribution in [0.15, 0.2) is 54.6 Å². The summed E-state index contributed by atoms with van der Waals surface area (Å²) in [5.41, 5.74) is 5.37. The van der Waals surface area contributed by atoms with Gasteiger partial charge in [-0.05, 0) is 60.4 Å². The zero-order valence-electron chi connectivity index (χ0n) is 16.5. The van der Waals surface area contributed by atoms with Gasteiger partial charge in [-0.25, -0.2) is 4.98 Å². The quantitative estimate of drug-likeness (QED) is 0.363. The number of aromatic amines is 1. The maximum Gasteiger partial charge on any atom is 0.167 e. The first-order valence-electron chi connectivity index (χ1n) is 10.1. The number of nitrogens with zero attached hydrogens (tertiary/aromatic N) is 1. The van der Waals surface area contributed by atoms with Gasteiger partial charge in [0.1, 0.15) is 5.82 Å². The van der Waals surface area contributed by atoms with Crippen LogP contribution in [0.1, 0.15) is 44.7 Å². The van der Waals surface area contributed by atoms with Crippen LogP contribution in [-0.2, 0) is 12.8 Å². The molecule has 0 aliphatic heterocycles. The van der Waals surface area contributed by atoms with E-state index in [1.807, 2.05) is 24.3 Å². The highest BCUT2D eigenvalue weighted by atomic mass is 35.5. The Bertz CT molecular complexity index is 1340. The smallest absolute Gasteiger partial charge is 0.167 e. The van der Waals surface area contributed by atoms with Crippen LogP contribution >= 0.6 is 23.2 Å². The number of H-pyrrole nitrogens is 1. The minimum atomic E-state index is -0.0166.